The Bertz CT molecular complexity index is 638. The number of fused-ring (bicyclic) bond motifs is 1. The largest absolute Gasteiger partial charge is 0.459 e. The minimum atomic E-state index is -0.238. The van der Waals surface area contributed by atoms with Crippen LogP contribution in [0.1, 0.15) is 48.3 Å². The zero-order valence-corrected chi connectivity index (χ0v) is 13.4. The van der Waals surface area contributed by atoms with Crippen molar-refractivity contribution in [2.45, 2.75) is 40.0 Å². The van der Waals surface area contributed by atoms with Gasteiger partial charge in [0.25, 0.3) is 5.91 Å². The minimum Gasteiger partial charge on any atom is -0.459 e. The van der Waals surface area contributed by atoms with E-state index in [0.29, 0.717) is 22.2 Å². The fourth-order valence-corrected chi connectivity index (χ4v) is 3.82. The Hall–Kier alpha value is -1.62. The molecule has 1 aliphatic rings. The van der Waals surface area contributed by atoms with Crippen LogP contribution in [0.3, 0.4) is 0 Å². The molecular weight excluding hydrogens is 284 g/mol. The molecule has 1 amide bonds. The summed E-state index contributed by atoms with van der Waals surface area (Å²) >= 11 is 1.60. The molecule has 0 aromatic carbocycles. The number of carbonyl (C=O) groups excluding carboxylic acids is 1. The molecule has 2 aromatic heterocycles. The van der Waals surface area contributed by atoms with Crippen molar-refractivity contribution >= 4 is 22.4 Å². The van der Waals surface area contributed by atoms with Crippen LogP contribution in [-0.4, -0.2) is 10.9 Å². The summed E-state index contributed by atoms with van der Waals surface area (Å²) in [6, 6.07) is 3.36. The molecule has 2 aromatic rings. The maximum Gasteiger partial charge on any atom is 0.293 e. The van der Waals surface area contributed by atoms with E-state index in [1.807, 2.05) is 0 Å². The zero-order chi connectivity index (χ0) is 15.0. The van der Waals surface area contributed by atoms with E-state index in [0.717, 1.165) is 18.5 Å². The summed E-state index contributed by atoms with van der Waals surface area (Å²) in [4.78, 5) is 17.9. The van der Waals surface area contributed by atoms with Gasteiger partial charge in [-0.05, 0) is 42.7 Å². The van der Waals surface area contributed by atoms with Crippen molar-refractivity contribution < 1.29 is 9.21 Å². The molecule has 1 atom stereocenters. The predicted octanol–water partition coefficient (Wildman–Crippen LogP) is 4.14. The molecule has 4 nitrogen and oxygen atoms in total. The fourth-order valence-electron chi connectivity index (χ4n) is 2.73. The number of amides is 1. The van der Waals surface area contributed by atoms with Crippen LogP contribution in [0.25, 0.3) is 0 Å². The first-order chi connectivity index (χ1) is 9.93. The molecule has 3 rings (SSSR count). The van der Waals surface area contributed by atoms with Gasteiger partial charge in [-0.2, -0.15) is 0 Å². The average Bonchev–Trinajstić information content (AvgIpc) is 3.05. The van der Waals surface area contributed by atoms with E-state index in [-0.39, 0.29) is 5.91 Å². The molecule has 0 radical (unpaired) electrons. The lowest BCUT2D eigenvalue weighted by Crippen LogP contribution is -2.26. The lowest BCUT2D eigenvalue weighted by atomic mass is 9.73. The number of nitrogens with zero attached hydrogens (tertiary/aromatic N) is 1. The second-order valence-corrected chi connectivity index (χ2v) is 7.71. The molecule has 0 fully saturated rings. The summed E-state index contributed by atoms with van der Waals surface area (Å²) in [5, 5.41) is 3.51. The van der Waals surface area contributed by atoms with E-state index in [2.05, 4.69) is 31.1 Å². The van der Waals surface area contributed by atoms with E-state index in [1.54, 1.807) is 23.5 Å². The Morgan fingerprint density at radius 2 is 2.29 bits per heavy atom. The van der Waals surface area contributed by atoms with Crippen LogP contribution in [0.15, 0.2) is 22.8 Å². The smallest absolute Gasteiger partial charge is 0.293 e. The van der Waals surface area contributed by atoms with Crippen LogP contribution >= 0.6 is 11.3 Å². The number of aromatic nitrogens is 1. The van der Waals surface area contributed by atoms with Gasteiger partial charge in [0.05, 0.1) is 12.0 Å². The molecule has 0 unspecified atom stereocenters. The number of thiazole rings is 1. The van der Waals surface area contributed by atoms with Gasteiger partial charge in [0.1, 0.15) is 0 Å². The molecule has 112 valence electrons. The normalized spacial score (nSPS) is 18.3. The minimum absolute atomic E-state index is 0.238. The van der Waals surface area contributed by atoms with E-state index < -0.39 is 0 Å². The maximum absolute atomic E-state index is 12.0. The molecule has 0 spiro atoms. The lowest BCUT2D eigenvalue weighted by molar-refractivity contribution is 0.0996. The first-order valence-corrected chi connectivity index (χ1v) is 8.08. The number of furan rings is 1. The Kier molecular flexibility index (Phi) is 3.61. The van der Waals surface area contributed by atoms with Crippen LogP contribution in [0, 0.1) is 11.3 Å². The highest BCUT2D eigenvalue weighted by Crippen LogP contribution is 2.40. The highest BCUT2D eigenvalue weighted by molar-refractivity contribution is 7.15. The van der Waals surface area contributed by atoms with Crippen LogP contribution in [-0.2, 0) is 12.8 Å². The van der Waals surface area contributed by atoms with Crippen molar-refractivity contribution in [2.75, 3.05) is 5.32 Å². The van der Waals surface area contributed by atoms with Crippen molar-refractivity contribution in [1.29, 1.82) is 0 Å². The fraction of sp³-hybridized carbons (Fsp3) is 0.500. The second-order valence-electron chi connectivity index (χ2n) is 6.63. The summed E-state index contributed by atoms with van der Waals surface area (Å²) in [7, 11) is 0. The van der Waals surface area contributed by atoms with Gasteiger partial charge < -0.3 is 4.42 Å². The Morgan fingerprint density at radius 1 is 1.48 bits per heavy atom. The van der Waals surface area contributed by atoms with Crippen LogP contribution in [0.5, 0.6) is 0 Å². The third-order valence-electron chi connectivity index (χ3n) is 4.13. The van der Waals surface area contributed by atoms with Crippen molar-refractivity contribution in [1.82, 2.24) is 4.98 Å². The summed E-state index contributed by atoms with van der Waals surface area (Å²) < 4.78 is 5.10. The molecule has 0 aliphatic heterocycles. The first-order valence-electron chi connectivity index (χ1n) is 7.27. The molecule has 0 bridgehead atoms. The van der Waals surface area contributed by atoms with Gasteiger partial charge in [-0.15, -0.1) is 11.3 Å². The molecule has 1 N–H and O–H groups in total. The predicted molar refractivity (Wildman–Crippen MR) is 83.7 cm³/mol. The Balaban J connectivity index is 1.73. The number of rotatable bonds is 2. The van der Waals surface area contributed by atoms with Gasteiger partial charge in [0.2, 0.25) is 0 Å². The van der Waals surface area contributed by atoms with Crippen LogP contribution in [0.2, 0.25) is 0 Å². The molecule has 0 saturated heterocycles. The number of hydrogen-bond acceptors (Lipinski definition) is 4. The van der Waals surface area contributed by atoms with Gasteiger partial charge in [-0.25, -0.2) is 4.98 Å². The Labute approximate surface area is 128 Å². The second kappa shape index (κ2) is 5.30. The van der Waals surface area contributed by atoms with Gasteiger partial charge in [-0.3, -0.25) is 10.1 Å². The van der Waals surface area contributed by atoms with Gasteiger partial charge in [0, 0.05) is 4.88 Å². The molecule has 2 heterocycles. The molecule has 21 heavy (non-hydrogen) atoms. The Morgan fingerprint density at radius 3 is 2.95 bits per heavy atom. The molecule has 0 saturated carbocycles. The topological polar surface area (TPSA) is 55.1 Å². The SMILES string of the molecule is CC(C)(C)[C@H]1CCc2nc(NC(=O)c3ccco3)sc2C1. The zero-order valence-electron chi connectivity index (χ0n) is 12.6. The highest BCUT2D eigenvalue weighted by Gasteiger charge is 2.30. The van der Waals surface area contributed by atoms with Crippen molar-refractivity contribution in [3.8, 4) is 0 Å². The molecular formula is C16H20N2O2S. The average molecular weight is 304 g/mol. The standard InChI is InChI=1S/C16H20N2O2S/c1-16(2,3)10-6-7-11-13(9-10)21-15(17-11)18-14(19)12-5-4-8-20-12/h4-5,8,10H,6-7,9H2,1-3H3,(H,17,18,19)/t10-/m0/s1. The quantitative estimate of drug-likeness (QED) is 0.907. The number of anilines is 1. The van der Waals surface area contributed by atoms with E-state index in [9.17, 15) is 4.79 Å². The van der Waals surface area contributed by atoms with E-state index in [1.165, 1.54) is 17.6 Å². The van der Waals surface area contributed by atoms with Gasteiger partial charge in [-0.1, -0.05) is 20.8 Å². The third kappa shape index (κ3) is 3.02. The maximum atomic E-state index is 12.0. The third-order valence-corrected chi connectivity index (χ3v) is 5.17. The van der Waals surface area contributed by atoms with Crippen molar-refractivity contribution in [2.24, 2.45) is 11.3 Å². The van der Waals surface area contributed by atoms with Crippen molar-refractivity contribution in [3.05, 3.63) is 34.7 Å². The number of nitrogens with one attached hydrogen (secondary N) is 1. The van der Waals surface area contributed by atoms with Crippen LogP contribution in [0.4, 0.5) is 5.13 Å². The molecule has 5 heteroatoms. The molecule has 1 aliphatic carbocycles. The van der Waals surface area contributed by atoms with Gasteiger partial charge >= 0.3 is 0 Å². The summed E-state index contributed by atoms with van der Waals surface area (Å²) in [5.74, 6) is 0.758. The van der Waals surface area contributed by atoms with Gasteiger partial charge in [0.15, 0.2) is 10.9 Å². The summed E-state index contributed by atoms with van der Waals surface area (Å²) in [6.45, 7) is 6.88. The lowest BCUT2D eigenvalue weighted by Gasteiger charge is -2.33. The van der Waals surface area contributed by atoms with E-state index >= 15 is 0 Å². The van der Waals surface area contributed by atoms with Crippen molar-refractivity contribution in [3.63, 3.8) is 0 Å². The number of hydrogen-bond donors (Lipinski definition) is 1. The van der Waals surface area contributed by atoms with E-state index in [4.69, 9.17) is 4.42 Å². The monoisotopic (exact) mass is 304 g/mol. The summed E-state index contributed by atoms with van der Waals surface area (Å²) in [5.41, 5.74) is 1.47. The number of carbonyl (C=O) groups is 1. The number of aryl methyl sites for hydroxylation is 1. The first kappa shape index (κ1) is 14.3. The van der Waals surface area contributed by atoms with Crippen LogP contribution < -0.4 is 5.32 Å². The summed E-state index contributed by atoms with van der Waals surface area (Å²) in [6.07, 6.45) is 4.74. The highest BCUT2D eigenvalue weighted by atomic mass is 32.1.